The predicted octanol–water partition coefficient (Wildman–Crippen LogP) is 8.37. The maximum Gasteiger partial charge on any atom is 0.204 e. The fraction of sp³-hybridized carbons (Fsp3) is 0.533. The van der Waals surface area contributed by atoms with Gasteiger partial charge in [0, 0.05) is 11.8 Å². The van der Waals surface area contributed by atoms with Crippen LogP contribution in [0, 0.1) is 41.0 Å². The molecule has 2 aliphatic rings. The van der Waals surface area contributed by atoms with Gasteiger partial charge in [0.2, 0.25) is 17.5 Å². The van der Waals surface area contributed by atoms with Gasteiger partial charge >= 0.3 is 0 Å². The van der Waals surface area contributed by atoms with Crippen molar-refractivity contribution in [2.45, 2.75) is 64.7 Å². The minimum Gasteiger partial charge on any atom is -0.491 e. The smallest absolute Gasteiger partial charge is 0.204 e. The number of rotatable bonds is 10. The van der Waals surface area contributed by atoms with Gasteiger partial charge in [-0.3, -0.25) is 0 Å². The lowest BCUT2D eigenvalue weighted by molar-refractivity contribution is 0.175. The zero-order valence-electron chi connectivity index (χ0n) is 21.6. The summed E-state index contributed by atoms with van der Waals surface area (Å²) in [5.74, 6) is -3.51. The highest BCUT2D eigenvalue weighted by Gasteiger charge is 2.25. The predicted molar refractivity (Wildman–Crippen MR) is 135 cm³/mol. The molecule has 2 unspecified atom stereocenters. The highest BCUT2D eigenvalue weighted by Crippen LogP contribution is 2.36. The van der Waals surface area contributed by atoms with Gasteiger partial charge < -0.3 is 14.2 Å². The number of hydrogen-bond acceptors (Lipinski definition) is 3. The maximum absolute atomic E-state index is 14.9. The van der Waals surface area contributed by atoms with Gasteiger partial charge in [0.25, 0.3) is 0 Å². The Balaban J connectivity index is 1.31. The third-order valence-corrected chi connectivity index (χ3v) is 7.72. The first-order valence-corrected chi connectivity index (χ1v) is 13.4. The summed E-state index contributed by atoms with van der Waals surface area (Å²) < 4.78 is 74.3. The first-order valence-electron chi connectivity index (χ1n) is 13.4. The molecule has 2 aromatic rings. The molecule has 2 aliphatic carbocycles. The van der Waals surface area contributed by atoms with Crippen molar-refractivity contribution in [3.8, 4) is 17.2 Å². The molecule has 0 spiro atoms. The van der Waals surface area contributed by atoms with E-state index in [4.69, 9.17) is 14.2 Å². The average molecular weight is 521 g/mol. The van der Waals surface area contributed by atoms with Crippen LogP contribution in [0.15, 0.2) is 36.4 Å². The second kappa shape index (κ2) is 12.7. The van der Waals surface area contributed by atoms with E-state index in [-0.39, 0.29) is 42.3 Å². The first-order chi connectivity index (χ1) is 17.9. The lowest BCUT2D eigenvalue weighted by atomic mass is 9.81. The molecule has 1 saturated carbocycles. The molecule has 0 saturated heterocycles. The van der Waals surface area contributed by atoms with Gasteiger partial charge in [-0.1, -0.05) is 44.4 Å². The molecular weight excluding hydrogens is 484 g/mol. The molecule has 2 aromatic carbocycles. The van der Waals surface area contributed by atoms with Gasteiger partial charge in [-0.15, -0.1) is 0 Å². The van der Waals surface area contributed by atoms with Crippen LogP contribution in [-0.4, -0.2) is 19.8 Å². The van der Waals surface area contributed by atoms with E-state index >= 15 is 0 Å². The van der Waals surface area contributed by atoms with Crippen LogP contribution in [0.2, 0.25) is 0 Å². The van der Waals surface area contributed by atoms with E-state index in [9.17, 15) is 17.6 Å². The van der Waals surface area contributed by atoms with Crippen LogP contribution in [-0.2, 0) is 0 Å². The number of ether oxygens (including phenoxy) is 3. The molecule has 0 amide bonds. The topological polar surface area (TPSA) is 27.7 Å². The number of allylic oxidation sites excluding steroid dienone is 1. The second-order valence-corrected chi connectivity index (χ2v) is 10.1. The van der Waals surface area contributed by atoms with Crippen LogP contribution < -0.4 is 14.2 Å². The summed E-state index contributed by atoms with van der Waals surface area (Å²) in [6.07, 6.45) is 10.6. The number of hydrogen-bond donors (Lipinski definition) is 0. The lowest BCUT2D eigenvalue weighted by Crippen LogP contribution is -2.20. The minimum absolute atomic E-state index is 0.0328. The Labute approximate surface area is 216 Å². The van der Waals surface area contributed by atoms with Gasteiger partial charge in [0.1, 0.15) is 0 Å². The van der Waals surface area contributed by atoms with Crippen LogP contribution in [0.5, 0.6) is 17.2 Å². The molecule has 7 heteroatoms. The molecule has 4 rings (SSSR count). The lowest BCUT2D eigenvalue weighted by Gasteiger charge is -2.28. The Morgan fingerprint density at radius 3 is 1.78 bits per heavy atom. The van der Waals surface area contributed by atoms with E-state index in [0.717, 1.165) is 18.8 Å². The Morgan fingerprint density at radius 1 is 0.622 bits per heavy atom. The SMILES string of the molecule is CCOc1ccc(OCC2C=CC(c3ccc(OCC4CCC(CC)CC4)c(F)c3F)CC2)c(F)c1F. The average Bonchev–Trinajstić information content (AvgIpc) is 2.92. The Kier molecular flexibility index (Phi) is 9.38. The molecular formula is C30H36F4O3. The van der Waals surface area contributed by atoms with Crippen molar-refractivity contribution >= 4 is 0 Å². The van der Waals surface area contributed by atoms with Crippen molar-refractivity contribution in [3.05, 3.63) is 65.2 Å². The molecule has 3 nitrogen and oxygen atoms in total. The summed E-state index contributed by atoms with van der Waals surface area (Å²) >= 11 is 0. The highest BCUT2D eigenvalue weighted by atomic mass is 19.2. The van der Waals surface area contributed by atoms with Crippen molar-refractivity contribution in [1.82, 2.24) is 0 Å². The van der Waals surface area contributed by atoms with Gasteiger partial charge in [-0.2, -0.15) is 13.2 Å². The summed E-state index contributed by atoms with van der Waals surface area (Å²) in [5.41, 5.74) is 0.295. The monoisotopic (exact) mass is 520 g/mol. The van der Waals surface area contributed by atoms with Crippen molar-refractivity contribution in [2.24, 2.45) is 17.8 Å². The quantitative estimate of drug-likeness (QED) is 0.233. The standard InChI is InChI=1S/C30H36F4O3/c1-3-19-5-7-20(8-6-19)17-36-25-14-13-23(27(31)28(25)32)22-11-9-21(10-12-22)18-37-26-16-15-24(35-4-2)29(33)30(26)34/h9,11,13-16,19-22H,3-8,10,12,17-18H2,1-2H3. The molecule has 202 valence electrons. The number of halogens is 4. The van der Waals surface area contributed by atoms with Crippen molar-refractivity contribution in [1.29, 1.82) is 0 Å². The minimum atomic E-state index is -1.09. The van der Waals surface area contributed by atoms with E-state index < -0.39 is 23.3 Å². The fourth-order valence-electron chi connectivity index (χ4n) is 5.32. The fourth-order valence-corrected chi connectivity index (χ4v) is 5.32. The van der Waals surface area contributed by atoms with Gasteiger partial charge in [-0.05, 0) is 68.2 Å². The molecule has 0 aliphatic heterocycles. The van der Waals surface area contributed by atoms with Crippen LogP contribution in [0.3, 0.4) is 0 Å². The van der Waals surface area contributed by atoms with Gasteiger partial charge in [-0.25, -0.2) is 4.39 Å². The van der Waals surface area contributed by atoms with Crippen LogP contribution in [0.1, 0.15) is 70.3 Å². The largest absolute Gasteiger partial charge is 0.491 e. The molecule has 0 aromatic heterocycles. The zero-order chi connectivity index (χ0) is 26.4. The maximum atomic E-state index is 14.9. The summed E-state index contributed by atoms with van der Waals surface area (Å²) in [6, 6.07) is 5.81. The molecule has 1 fully saturated rings. The zero-order valence-corrected chi connectivity index (χ0v) is 21.6. The second-order valence-electron chi connectivity index (χ2n) is 10.1. The molecule has 0 radical (unpaired) electrons. The Bertz CT molecular complexity index is 1080. The van der Waals surface area contributed by atoms with Gasteiger partial charge in [0.05, 0.1) is 19.8 Å². The van der Waals surface area contributed by atoms with E-state index in [1.807, 2.05) is 12.2 Å². The summed E-state index contributed by atoms with van der Waals surface area (Å²) in [6.45, 7) is 4.69. The molecule has 2 atom stereocenters. The van der Waals surface area contributed by atoms with E-state index in [1.54, 1.807) is 13.0 Å². The molecule has 0 N–H and O–H groups in total. The van der Waals surface area contributed by atoms with Crippen LogP contribution in [0.4, 0.5) is 17.6 Å². The summed E-state index contributed by atoms with van der Waals surface area (Å²) in [7, 11) is 0. The van der Waals surface area contributed by atoms with E-state index in [2.05, 4.69) is 6.92 Å². The van der Waals surface area contributed by atoms with Crippen LogP contribution >= 0.6 is 0 Å². The van der Waals surface area contributed by atoms with E-state index in [1.165, 1.54) is 37.5 Å². The Morgan fingerprint density at radius 2 is 1.19 bits per heavy atom. The Hall–Kier alpha value is -2.70. The third-order valence-electron chi connectivity index (χ3n) is 7.72. The van der Waals surface area contributed by atoms with E-state index in [0.29, 0.717) is 30.9 Å². The first kappa shape index (κ1) is 27.3. The highest BCUT2D eigenvalue weighted by molar-refractivity contribution is 5.36. The van der Waals surface area contributed by atoms with Crippen molar-refractivity contribution in [2.75, 3.05) is 19.8 Å². The molecule has 0 heterocycles. The summed E-state index contributed by atoms with van der Waals surface area (Å²) in [4.78, 5) is 0. The normalized spacial score (nSPS) is 23.6. The molecule has 37 heavy (non-hydrogen) atoms. The summed E-state index contributed by atoms with van der Waals surface area (Å²) in [5, 5.41) is 0. The molecule has 0 bridgehead atoms. The van der Waals surface area contributed by atoms with Crippen LogP contribution in [0.25, 0.3) is 0 Å². The number of benzene rings is 2. The third kappa shape index (κ3) is 6.60. The van der Waals surface area contributed by atoms with Gasteiger partial charge in [0.15, 0.2) is 23.1 Å². The van der Waals surface area contributed by atoms with Crippen molar-refractivity contribution in [3.63, 3.8) is 0 Å². The van der Waals surface area contributed by atoms with Crippen molar-refractivity contribution < 1.29 is 31.8 Å².